The van der Waals surface area contributed by atoms with Gasteiger partial charge < -0.3 is 0 Å². The third kappa shape index (κ3) is 2.18. The van der Waals surface area contributed by atoms with E-state index in [1.165, 1.54) is 0 Å². The molecule has 2 aromatic rings. The van der Waals surface area contributed by atoms with Crippen molar-refractivity contribution in [3.8, 4) is 6.07 Å². The van der Waals surface area contributed by atoms with Gasteiger partial charge in [0.05, 0.1) is 18.3 Å². The zero-order valence-electron chi connectivity index (χ0n) is 8.05. The summed E-state index contributed by atoms with van der Waals surface area (Å²) < 4.78 is 4.47. The molecule has 2 heterocycles. The highest BCUT2D eigenvalue weighted by atomic mass is 127. The van der Waals surface area contributed by atoms with Crippen LogP contribution in [0.25, 0.3) is 0 Å². The summed E-state index contributed by atoms with van der Waals surface area (Å²) in [5.41, 5.74) is 1.68. The molecule has 0 aliphatic rings. The van der Waals surface area contributed by atoms with E-state index in [4.69, 9.17) is 5.26 Å². The molecule has 6 heteroatoms. The van der Waals surface area contributed by atoms with Gasteiger partial charge in [0, 0.05) is 25.0 Å². The number of nitriles is 1. The van der Waals surface area contributed by atoms with E-state index in [2.05, 4.69) is 32.8 Å². The highest BCUT2D eigenvalue weighted by Crippen LogP contribution is 2.10. The number of halogens is 1. The van der Waals surface area contributed by atoms with Crippen molar-refractivity contribution in [2.45, 2.75) is 6.54 Å². The van der Waals surface area contributed by atoms with Gasteiger partial charge in [-0.25, -0.2) is 0 Å². The average Bonchev–Trinajstić information content (AvgIpc) is 2.75. The second kappa shape index (κ2) is 4.02. The number of hydrogen-bond donors (Lipinski definition) is 0. The highest BCUT2D eigenvalue weighted by molar-refractivity contribution is 14.1. The van der Waals surface area contributed by atoms with E-state index in [-0.39, 0.29) is 0 Å². The first-order chi connectivity index (χ1) is 7.19. The molecular weight excluding hydrogens is 305 g/mol. The molecule has 0 aromatic carbocycles. The summed E-state index contributed by atoms with van der Waals surface area (Å²) in [6.45, 7) is 0.647. The Balaban J connectivity index is 2.22. The summed E-state index contributed by atoms with van der Waals surface area (Å²) in [4.78, 5) is 0. The molecule has 0 bridgehead atoms. The molecule has 0 saturated carbocycles. The first-order valence-corrected chi connectivity index (χ1v) is 5.37. The Morgan fingerprint density at radius 3 is 2.87 bits per heavy atom. The predicted octanol–water partition coefficient (Wildman–Crippen LogP) is 1.14. The van der Waals surface area contributed by atoms with E-state index < -0.39 is 0 Å². The van der Waals surface area contributed by atoms with Crippen LogP contribution in [0.3, 0.4) is 0 Å². The monoisotopic (exact) mass is 313 g/mol. The summed E-state index contributed by atoms with van der Waals surface area (Å²) in [6.07, 6.45) is 5.24. The van der Waals surface area contributed by atoms with Crippen LogP contribution in [0.5, 0.6) is 0 Å². The van der Waals surface area contributed by atoms with Crippen LogP contribution in [0.15, 0.2) is 18.6 Å². The van der Waals surface area contributed by atoms with Gasteiger partial charge in [0.25, 0.3) is 0 Å². The van der Waals surface area contributed by atoms with Crippen molar-refractivity contribution in [2.24, 2.45) is 7.05 Å². The lowest BCUT2D eigenvalue weighted by molar-refractivity contribution is 0.684. The third-order valence-corrected chi connectivity index (χ3v) is 2.86. The van der Waals surface area contributed by atoms with Gasteiger partial charge >= 0.3 is 0 Å². The normalized spacial score (nSPS) is 10.2. The fourth-order valence-electron chi connectivity index (χ4n) is 1.30. The Morgan fingerprint density at radius 2 is 2.33 bits per heavy atom. The molecule has 0 aliphatic heterocycles. The van der Waals surface area contributed by atoms with Gasteiger partial charge in [-0.1, -0.05) is 0 Å². The van der Waals surface area contributed by atoms with Crippen molar-refractivity contribution in [3.63, 3.8) is 0 Å². The largest absolute Gasteiger partial charge is 0.274 e. The first-order valence-electron chi connectivity index (χ1n) is 4.29. The minimum Gasteiger partial charge on any atom is -0.274 e. The average molecular weight is 313 g/mol. The summed E-state index contributed by atoms with van der Waals surface area (Å²) in [7, 11) is 1.88. The molecule has 0 fully saturated rings. The van der Waals surface area contributed by atoms with Crippen molar-refractivity contribution < 1.29 is 0 Å². The van der Waals surface area contributed by atoms with Gasteiger partial charge in [-0.05, 0) is 22.6 Å². The van der Waals surface area contributed by atoms with Crippen molar-refractivity contribution in [1.82, 2.24) is 19.6 Å². The number of aromatic nitrogens is 4. The number of hydrogen-bond acceptors (Lipinski definition) is 3. The van der Waals surface area contributed by atoms with Crippen LogP contribution < -0.4 is 0 Å². The van der Waals surface area contributed by atoms with Crippen LogP contribution in [-0.2, 0) is 13.6 Å². The number of aryl methyl sites for hydroxylation is 1. The Kier molecular flexibility index (Phi) is 2.73. The van der Waals surface area contributed by atoms with Crippen molar-refractivity contribution in [3.05, 3.63) is 33.4 Å². The van der Waals surface area contributed by atoms with Gasteiger partial charge in [0.15, 0.2) is 0 Å². The first kappa shape index (κ1) is 10.2. The van der Waals surface area contributed by atoms with Crippen LogP contribution in [0.4, 0.5) is 0 Å². The number of nitrogens with zero attached hydrogens (tertiary/aromatic N) is 5. The summed E-state index contributed by atoms with van der Waals surface area (Å²) in [5.74, 6) is 0. The van der Waals surface area contributed by atoms with Crippen LogP contribution in [0.2, 0.25) is 0 Å². The predicted molar refractivity (Wildman–Crippen MR) is 62.0 cm³/mol. The van der Waals surface area contributed by atoms with Crippen molar-refractivity contribution in [1.29, 1.82) is 5.26 Å². The van der Waals surface area contributed by atoms with Crippen molar-refractivity contribution in [2.75, 3.05) is 0 Å². The van der Waals surface area contributed by atoms with E-state index in [9.17, 15) is 0 Å². The molecule has 76 valence electrons. The van der Waals surface area contributed by atoms with Gasteiger partial charge in [-0.3, -0.25) is 9.36 Å². The van der Waals surface area contributed by atoms with E-state index in [1.54, 1.807) is 21.8 Å². The highest BCUT2D eigenvalue weighted by Gasteiger charge is 2.06. The molecule has 2 aromatic heterocycles. The van der Waals surface area contributed by atoms with Gasteiger partial charge in [-0.2, -0.15) is 15.5 Å². The maximum absolute atomic E-state index is 8.65. The lowest BCUT2D eigenvalue weighted by atomic mass is 10.3. The minimum absolute atomic E-state index is 0.578. The van der Waals surface area contributed by atoms with E-state index in [1.807, 2.05) is 19.3 Å². The Morgan fingerprint density at radius 1 is 1.53 bits per heavy atom. The van der Waals surface area contributed by atoms with Gasteiger partial charge in [0.1, 0.15) is 9.77 Å². The topological polar surface area (TPSA) is 59.4 Å². The van der Waals surface area contributed by atoms with Crippen LogP contribution in [-0.4, -0.2) is 19.6 Å². The van der Waals surface area contributed by atoms with Crippen molar-refractivity contribution >= 4 is 22.6 Å². The van der Waals surface area contributed by atoms with E-state index >= 15 is 0 Å². The number of rotatable bonds is 2. The summed E-state index contributed by atoms with van der Waals surface area (Å²) in [5, 5.41) is 17.0. The molecule has 5 nitrogen and oxygen atoms in total. The molecule has 0 radical (unpaired) electrons. The zero-order chi connectivity index (χ0) is 10.8. The Hall–Kier alpha value is -1.36. The Bertz CT molecular complexity index is 519. The third-order valence-electron chi connectivity index (χ3n) is 1.95. The zero-order valence-corrected chi connectivity index (χ0v) is 10.2. The van der Waals surface area contributed by atoms with Crippen LogP contribution >= 0.6 is 22.6 Å². The Labute approximate surface area is 100 Å². The summed E-state index contributed by atoms with van der Waals surface area (Å²) >= 11 is 2.19. The maximum atomic E-state index is 8.65. The fourth-order valence-corrected chi connectivity index (χ4v) is 1.95. The molecule has 0 aliphatic carbocycles. The van der Waals surface area contributed by atoms with E-state index in [0.717, 1.165) is 9.26 Å². The molecule has 0 spiro atoms. The SMILES string of the molecule is Cn1cc(Cn2cc(C#N)cn2)c(I)n1. The fraction of sp³-hybridized carbons (Fsp3) is 0.222. The lowest BCUT2D eigenvalue weighted by Crippen LogP contribution is -2.00. The van der Waals surface area contributed by atoms with E-state index in [0.29, 0.717) is 12.1 Å². The molecule has 0 atom stereocenters. The molecule has 15 heavy (non-hydrogen) atoms. The van der Waals surface area contributed by atoms with Crippen LogP contribution in [0.1, 0.15) is 11.1 Å². The molecule has 0 unspecified atom stereocenters. The van der Waals surface area contributed by atoms with Gasteiger partial charge in [0.2, 0.25) is 0 Å². The second-order valence-corrected chi connectivity index (χ2v) is 4.18. The molecule has 2 rings (SSSR count). The second-order valence-electron chi connectivity index (χ2n) is 3.16. The minimum atomic E-state index is 0.578. The lowest BCUT2D eigenvalue weighted by Gasteiger charge is -1.97. The quantitative estimate of drug-likeness (QED) is 0.781. The standard InChI is InChI=1S/C9H8IN5/c1-14-5-8(9(10)13-14)6-15-4-7(2-11)3-12-15/h3-5H,6H2,1H3. The maximum Gasteiger partial charge on any atom is 0.128 e. The van der Waals surface area contributed by atoms with Crippen LogP contribution in [0, 0.1) is 15.0 Å². The molecule has 0 amide bonds. The molecule has 0 saturated heterocycles. The summed E-state index contributed by atoms with van der Waals surface area (Å²) in [6, 6.07) is 2.05. The molecule has 0 N–H and O–H groups in total. The smallest absolute Gasteiger partial charge is 0.128 e. The molecular formula is C9H8IN5. The van der Waals surface area contributed by atoms with Gasteiger partial charge in [-0.15, -0.1) is 0 Å².